The lowest BCUT2D eigenvalue weighted by Gasteiger charge is -2.20. The van der Waals surface area contributed by atoms with Crippen molar-refractivity contribution in [3.8, 4) is 17.2 Å². The summed E-state index contributed by atoms with van der Waals surface area (Å²) in [5.74, 6) is 1.67. The Labute approximate surface area is 135 Å². The van der Waals surface area contributed by atoms with E-state index in [0.717, 1.165) is 6.42 Å². The Kier molecular flexibility index (Phi) is 5.34. The third-order valence-corrected chi connectivity index (χ3v) is 3.45. The van der Waals surface area contributed by atoms with Gasteiger partial charge in [0.1, 0.15) is 12.4 Å². The molecule has 23 heavy (non-hydrogen) atoms. The molecule has 122 valence electrons. The first-order chi connectivity index (χ1) is 11.3. The minimum atomic E-state index is -1.14. The maximum atomic E-state index is 10.4. The molecule has 2 aromatic rings. The van der Waals surface area contributed by atoms with E-state index in [2.05, 4.69) is 0 Å². The summed E-state index contributed by atoms with van der Waals surface area (Å²) in [6.45, 7) is 2.04. The van der Waals surface area contributed by atoms with Gasteiger partial charge in [-0.1, -0.05) is 24.3 Å². The van der Waals surface area contributed by atoms with Gasteiger partial charge >= 0.3 is 0 Å². The molecule has 0 aromatic heterocycles. The van der Waals surface area contributed by atoms with Crippen LogP contribution in [0.3, 0.4) is 0 Å². The second kappa shape index (κ2) is 7.85. The smallest absolute Gasteiger partial charge is 0.228 e. The molecule has 3 rings (SSSR count). The van der Waals surface area contributed by atoms with Crippen molar-refractivity contribution >= 4 is 0 Å². The van der Waals surface area contributed by atoms with Gasteiger partial charge in [0.05, 0.1) is 18.8 Å². The number of aliphatic hydroxyl groups is 1. The van der Waals surface area contributed by atoms with Gasteiger partial charge in [-0.3, -0.25) is 0 Å². The Morgan fingerprint density at radius 3 is 2.30 bits per heavy atom. The molecule has 1 atom stereocenters. The summed E-state index contributed by atoms with van der Waals surface area (Å²) in [6.07, 6.45) is -0.368. The van der Waals surface area contributed by atoms with Gasteiger partial charge < -0.3 is 24.1 Å². The number of hydrogen-bond donors (Lipinski definition) is 1. The molecule has 0 saturated heterocycles. The van der Waals surface area contributed by atoms with Gasteiger partial charge in [0.25, 0.3) is 0 Å². The highest BCUT2D eigenvalue weighted by Gasteiger charge is 2.17. The van der Waals surface area contributed by atoms with E-state index in [0.29, 0.717) is 49.2 Å². The van der Waals surface area contributed by atoms with Crippen LogP contribution < -0.4 is 14.2 Å². The summed E-state index contributed by atoms with van der Waals surface area (Å²) >= 11 is 0. The highest BCUT2D eigenvalue weighted by molar-refractivity contribution is 5.41. The average Bonchev–Trinajstić information content (AvgIpc) is 2.58. The Morgan fingerprint density at radius 1 is 0.739 bits per heavy atom. The third-order valence-electron chi connectivity index (χ3n) is 3.45. The molecular weight excluding hydrogens is 296 g/mol. The SMILES string of the molecule is OC1Oc2ccccc2OCCCOCCOc2ccccc21. The molecule has 1 aliphatic heterocycles. The van der Waals surface area contributed by atoms with Crippen LogP contribution in [0, 0.1) is 0 Å². The van der Waals surface area contributed by atoms with Gasteiger partial charge in [-0.15, -0.1) is 0 Å². The zero-order chi connectivity index (χ0) is 15.9. The van der Waals surface area contributed by atoms with Gasteiger partial charge in [0.2, 0.25) is 6.29 Å². The van der Waals surface area contributed by atoms with Crippen molar-refractivity contribution in [3.05, 3.63) is 54.1 Å². The second-order valence-corrected chi connectivity index (χ2v) is 5.12. The first-order valence-corrected chi connectivity index (χ1v) is 7.70. The maximum Gasteiger partial charge on any atom is 0.228 e. The zero-order valence-corrected chi connectivity index (χ0v) is 12.8. The molecule has 0 aliphatic carbocycles. The molecule has 1 unspecified atom stereocenters. The van der Waals surface area contributed by atoms with Gasteiger partial charge in [-0.2, -0.15) is 0 Å². The number of para-hydroxylation sites is 3. The number of benzene rings is 2. The van der Waals surface area contributed by atoms with Crippen molar-refractivity contribution in [1.82, 2.24) is 0 Å². The summed E-state index contributed by atoms with van der Waals surface area (Å²) in [4.78, 5) is 0. The van der Waals surface area contributed by atoms with E-state index in [-0.39, 0.29) is 0 Å². The molecule has 1 N–H and O–H groups in total. The highest BCUT2D eigenvalue weighted by Crippen LogP contribution is 2.33. The molecule has 0 radical (unpaired) electrons. The summed E-state index contributed by atoms with van der Waals surface area (Å²) in [5.41, 5.74) is 0.569. The normalized spacial score (nSPS) is 19.1. The number of ether oxygens (including phenoxy) is 4. The summed E-state index contributed by atoms with van der Waals surface area (Å²) in [6, 6.07) is 14.5. The molecule has 1 heterocycles. The van der Waals surface area contributed by atoms with E-state index in [4.69, 9.17) is 18.9 Å². The van der Waals surface area contributed by atoms with Crippen LogP contribution in [0.5, 0.6) is 17.2 Å². The van der Waals surface area contributed by atoms with Crippen LogP contribution in [0.4, 0.5) is 0 Å². The molecule has 5 nitrogen and oxygen atoms in total. The van der Waals surface area contributed by atoms with Crippen molar-refractivity contribution in [2.75, 3.05) is 26.4 Å². The van der Waals surface area contributed by atoms with Crippen LogP contribution in [0.2, 0.25) is 0 Å². The molecule has 1 aliphatic rings. The predicted octanol–water partition coefficient (Wildman–Crippen LogP) is 2.93. The Bertz CT molecular complexity index is 628. The first kappa shape index (κ1) is 15.6. The van der Waals surface area contributed by atoms with E-state index in [1.54, 1.807) is 18.2 Å². The number of hydrogen-bond acceptors (Lipinski definition) is 5. The predicted molar refractivity (Wildman–Crippen MR) is 84.9 cm³/mol. The van der Waals surface area contributed by atoms with Crippen molar-refractivity contribution in [2.24, 2.45) is 0 Å². The lowest BCUT2D eigenvalue weighted by molar-refractivity contribution is -0.0243. The van der Waals surface area contributed by atoms with Crippen LogP contribution in [0.25, 0.3) is 0 Å². The van der Waals surface area contributed by atoms with Crippen molar-refractivity contribution < 1.29 is 24.1 Å². The molecule has 0 bridgehead atoms. The minimum absolute atomic E-state index is 0.418. The Balaban J connectivity index is 1.86. The summed E-state index contributed by atoms with van der Waals surface area (Å²) in [5, 5.41) is 10.4. The molecule has 0 saturated carbocycles. The quantitative estimate of drug-likeness (QED) is 0.810. The standard InChI is InChI=1S/C18H20O5/c19-18-14-6-1-2-7-15(14)22-13-12-20-10-5-11-21-16-8-3-4-9-17(16)23-18/h1-4,6-9,18-19H,5,10-13H2. The summed E-state index contributed by atoms with van der Waals surface area (Å²) in [7, 11) is 0. The average molecular weight is 316 g/mol. The Morgan fingerprint density at radius 2 is 1.43 bits per heavy atom. The number of fused-ring (bicyclic) bond motifs is 2. The second-order valence-electron chi connectivity index (χ2n) is 5.12. The number of aliphatic hydroxyl groups excluding tert-OH is 1. The van der Waals surface area contributed by atoms with E-state index in [1.165, 1.54) is 0 Å². The fourth-order valence-electron chi connectivity index (χ4n) is 2.32. The van der Waals surface area contributed by atoms with Crippen molar-refractivity contribution in [2.45, 2.75) is 12.7 Å². The third kappa shape index (κ3) is 4.15. The van der Waals surface area contributed by atoms with Crippen LogP contribution >= 0.6 is 0 Å². The van der Waals surface area contributed by atoms with E-state index in [9.17, 15) is 5.11 Å². The Hall–Kier alpha value is -2.24. The number of rotatable bonds is 0. The monoisotopic (exact) mass is 316 g/mol. The topological polar surface area (TPSA) is 57.2 Å². The maximum absolute atomic E-state index is 10.4. The molecule has 0 spiro atoms. The summed E-state index contributed by atoms with van der Waals surface area (Å²) < 4.78 is 22.6. The molecule has 0 fully saturated rings. The molecule has 0 amide bonds. The van der Waals surface area contributed by atoms with Gasteiger partial charge in [-0.05, 0) is 24.3 Å². The van der Waals surface area contributed by atoms with Crippen LogP contribution in [-0.4, -0.2) is 31.5 Å². The molecule has 5 heteroatoms. The van der Waals surface area contributed by atoms with Crippen molar-refractivity contribution in [1.29, 1.82) is 0 Å². The fraction of sp³-hybridized carbons (Fsp3) is 0.333. The zero-order valence-electron chi connectivity index (χ0n) is 12.8. The van der Waals surface area contributed by atoms with E-state index in [1.807, 2.05) is 30.3 Å². The minimum Gasteiger partial charge on any atom is -0.491 e. The lowest BCUT2D eigenvalue weighted by Crippen LogP contribution is -2.14. The molecular formula is C18H20O5. The van der Waals surface area contributed by atoms with E-state index >= 15 is 0 Å². The fourth-order valence-corrected chi connectivity index (χ4v) is 2.32. The van der Waals surface area contributed by atoms with Crippen LogP contribution in [-0.2, 0) is 4.74 Å². The van der Waals surface area contributed by atoms with Gasteiger partial charge in [0, 0.05) is 13.0 Å². The largest absolute Gasteiger partial charge is 0.491 e. The molecule has 2 aromatic carbocycles. The van der Waals surface area contributed by atoms with E-state index < -0.39 is 6.29 Å². The van der Waals surface area contributed by atoms with Gasteiger partial charge in [0.15, 0.2) is 11.5 Å². The van der Waals surface area contributed by atoms with Crippen molar-refractivity contribution in [3.63, 3.8) is 0 Å². The van der Waals surface area contributed by atoms with Gasteiger partial charge in [-0.25, -0.2) is 0 Å². The van der Waals surface area contributed by atoms with Crippen LogP contribution in [0.1, 0.15) is 18.3 Å². The lowest BCUT2D eigenvalue weighted by atomic mass is 10.2. The van der Waals surface area contributed by atoms with Crippen LogP contribution in [0.15, 0.2) is 48.5 Å². The highest BCUT2D eigenvalue weighted by atomic mass is 16.6. The first-order valence-electron chi connectivity index (χ1n) is 7.70.